The van der Waals surface area contributed by atoms with Gasteiger partial charge in [0.2, 0.25) is 5.91 Å². The van der Waals surface area contributed by atoms with Crippen LogP contribution >= 0.6 is 0 Å². The number of aromatic nitrogens is 3. The molecular formula is C21H22FN5O3. The third kappa shape index (κ3) is 4.80. The van der Waals surface area contributed by atoms with Crippen molar-refractivity contribution >= 4 is 17.5 Å². The second-order valence-corrected chi connectivity index (χ2v) is 6.75. The number of anilines is 1. The van der Waals surface area contributed by atoms with Crippen LogP contribution in [-0.4, -0.2) is 33.2 Å². The summed E-state index contributed by atoms with van der Waals surface area (Å²) in [6, 6.07) is 7.09. The van der Waals surface area contributed by atoms with E-state index in [-0.39, 0.29) is 11.5 Å². The molecule has 156 valence electrons. The van der Waals surface area contributed by atoms with E-state index in [0.29, 0.717) is 36.3 Å². The number of pyridine rings is 1. The minimum Gasteiger partial charge on any atom is -0.359 e. The third-order valence-corrected chi connectivity index (χ3v) is 4.59. The van der Waals surface area contributed by atoms with E-state index in [1.165, 1.54) is 35.0 Å². The third-order valence-electron chi connectivity index (χ3n) is 4.59. The molecule has 0 bridgehead atoms. The minimum atomic E-state index is -0.557. The van der Waals surface area contributed by atoms with E-state index in [2.05, 4.69) is 15.7 Å². The second kappa shape index (κ2) is 9.17. The van der Waals surface area contributed by atoms with Crippen molar-refractivity contribution in [2.24, 2.45) is 0 Å². The molecular weight excluding hydrogens is 389 g/mol. The lowest BCUT2D eigenvalue weighted by Gasteiger charge is -2.10. The maximum absolute atomic E-state index is 13.2. The molecule has 8 nitrogen and oxygen atoms in total. The summed E-state index contributed by atoms with van der Waals surface area (Å²) in [7, 11) is 1.58. The van der Waals surface area contributed by atoms with E-state index in [9.17, 15) is 18.8 Å². The maximum Gasteiger partial charge on any atom is 0.268 e. The van der Waals surface area contributed by atoms with Gasteiger partial charge in [0.1, 0.15) is 11.4 Å². The number of benzene rings is 1. The molecule has 2 aromatic heterocycles. The van der Waals surface area contributed by atoms with Crippen LogP contribution in [0, 0.1) is 12.7 Å². The number of hydrogen-bond donors (Lipinski definition) is 2. The highest BCUT2D eigenvalue weighted by molar-refractivity contribution is 6.04. The highest BCUT2D eigenvalue weighted by Crippen LogP contribution is 2.12. The zero-order valence-corrected chi connectivity index (χ0v) is 16.7. The van der Waals surface area contributed by atoms with Gasteiger partial charge in [-0.3, -0.25) is 23.6 Å². The molecule has 0 aliphatic heterocycles. The molecule has 0 aliphatic rings. The van der Waals surface area contributed by atoms with Gasteiger partial charge in [-0.15, -0.1) is 0 Å². The quantitative estimate of drug-likeness (QED) is 0.623. The van der Waals surface area contributed by atoms with Gasteiger partial charge in [0, 0.05) is 38.1 Å². The normalized spacial score (nSPS) is 10.6. The van der Waals surface area contributed by atoms with Crippen LogP contribution in [0.2, 0.25) is 0 Å². The molecule has 0 saturated carbocycles. The maximum atomic E-state index is 13.2. The number of rotatable bonds is 7. The molecule has 1 aromatic carbocycles. The predicted octanol–water partition coefficient (Wildman–Crippen LogP) is 2.26. The van der Waals surface area contributed by atoms with Gasteiger partial charge < -0.3 is 10.6 Å². The van der Waals surface area contributed by atoms with Gasteiger partial charge in [0.25, 0.3) is 11.5 Å². The zero-order chi connectivity index (χ0) is 21.7. The van der Waals surface area contributed by atoms with Crippen molar-refractivity contribution < 1.29 is 14.0 Å². The zero-order valence-electron chi connectivity index (χ0n) is 16.7. The lowest BCUT2D eigenvalue weighted by atomic mass is 10.1. The highest BCUT2D eigenvalue weighted by atomic mass is 19.1. The van der Waals surface area contributed by atoms with Crippen molar-refractivity contribution in [1.82, 2.24) is 19.7 Å². The lowest BCUT2D eigenvalue weighted by Crippen LogP contribution is -2.29. The topological polar surface area (TPSA) is 98.0 Å². The summed E-state index contributed by atoms with van der Waals surface area (Å²) >= 11 is 0. The van der Waals surface area contributed by atoms with Gasteiger partial charge in [0.05, 0.1) is 11.9 Å². The van der Waals surface area contributed by atoms with Crippen LogP contribution in [0.4, 0.5) is 10.1 Å². The number of aryl methyl sites for hydroxylation is 2. The molecule has 0 unspecified atom stereocenters. The number of carbonyl (C=O) groups is 2. The summed E-state index contributed by atoms with van der Waals surface area (Å²) in [4.78, 5) is 36.9. The first-order valence-electron chi connectivity index (χ1n) is 9.41. The van der Waals surface area contributed by atoms with Crippen molar-refractivity contribution in [2.75, 3.05) is 12.4 Å². The molecule has 9 heteroatoms. The van der Waals surface area contributed by atoms with E-state index < -0.39 is 17.3 Å². The van der Waals surface area contributed by atoms with Crippen LogP contribution in [0.3, 0.4) is 0 Å². The standard InChI is InChI=1S/C21H22FN5O3/c1-14-9-11-27(17-7-5-15(22)6-8-17)21(30)19(14)20(29)25-16-12-24-26(13-16)10-3-4-18(28)23-2/h5-9,11-13H,3-4,10H2,1-2H3,(H,23,28)(H,25,29). The predicted molar refractivity (Wildman–Crippen MR) is 110 cm³/mol. The first kappa shape index (κ1) is 21.0. The van der Waals surface area contributed by atoms with Crippen molar-refractivity contribution in [3.8, 4) is 5.69 Å². The Hall–Kier alpha value is -3.75. The molecule has 0 aliphatic carbocycles. The van der Waals surface area contributed by atoms with E-state index in [1.54, 1.807) is 37.1 Å². The number of carbonyl (C=O) groups excluding carboxylic acids is 2. The lowest BCUT2D eigenvalue weighted by molar-refractivity contribution is -0.120. The molecule has 3 rings (SSSR count). The molecule has 0 radical (unpaired) electrons. The fourth-order valence-corrected chi connectivity index (χ4v) is 2.98. The Balaban J connectivity index is 1.76. The van der Waals surface area contributed by atoms with Crippen LogP contribution < -0.4 is 16.2 Å². The van der Waals surface area contributed by atoms with Gasteiger partial charge in [0.15, 0.2) is 0 Å². The molecule has 2 amide bonds. The number of nitrogens with zero attached hydrogens (tertiary/aromatic N) is 3. The Morgan fingerprint density at radius 1 is 1.17 bits per heavy atom. The van der Waals surface area contributed by atoms with E-state index in [0.717, 1.165) is 0 Å². The minimum absolute atomic E-state index is 0.00538. The average molecular weight is 411 g/mol. The summed E-state index contributed by atoms with van der Waals surface area (Å²) in [5.74, 6) is -1.02. The fourth-order valence-electron chi connectivity index (χ4n) is 2.98. The van der Waals surface area contributed by atoms with Crippen molar-refractivity contribution in [3.05, 3.63) is 76.2 Å². The Kier molecular flexibility index (Phi) is 6.41. The van der Waals surface area contributed by atoms with E-state index in [4.69, 9.17) is 0 Å². The van der Waals surface area contributed by atoms with Crippen LogP contribution in [0.15, 0.2) is 53.7 Å². The summed E-state index contributed by atoms with van der Waals surface area (Å²) < 4.78 is 16.1. The Bertz CT molecular complexity index is 1120. The first-order chi connectivity index (χ1) is 14.4. The Morgan fingerprint density at radius 3 is 2.60 bits per heavy atom. The smallest absolute Gasteiger partial charge is 0.268 e. The summed E-state index contributed by atoms with van der Waals surface area (Å²) in [6.07, 6.45) is 5.65. The summed E-state index contributed by atoms with van der Waals surface area (Å²) in [5.41, 5.74) is 0.912. The molecule has 3 aromatic rings. The number of hydrogen-bond acceptors (Lipinski definition) is 4. The van der Waals surface area contributed by atoms with Crippen molar-refractivity contribution in [3.63, 3.8) is 0 Å². The Labute approximate surface area is 172 Å². The average Bonchev–Trinajstić information content (AvgIpc) is 3.16. The van der Waals surface area contributed by atoms with E-state index in [1.807, 2.05) is 0 Å². The Morgan fingerprint density at radius 2 is 1.90 bits per heavy atom. The van der Waals surface area contributed by atoms with Gasteiger partial charge in [-0.05, 0) is 49.2 Å². The van der Waals surface area contributed by atoms with Crippen LogP contribution in [0.25, 0.3) is 5.69 Å². The second-order valence-electron chi connectivity index (χ2n) is 6.75. The highest BCUT2D eigenvalue weighted by Gasteiger charge is 2.17. The van der Waals surface area contributed by atoms with Crippen LogP contribution in [0.5, 0.6) is 0 Å². The molecule has 2 N–H and O–H groups in total. The first-order valence-corrected chi connectivity index (χ1v) is 9.41. The largest absolute Gasteiger partial charge is 0.359 e. The molecule has 0 atom stereocenters. The molecule has 0 saturated heterocycles. The molecule has 30 heavy (non-hydrogen) atoms. The van der Waals surface area contributed by atoms with Crippen molar-refractivity contribution in [1.29, 1.82) is 0 Å². The van der Waals surface area contributed by atoms with Gasteiger partial charge >= 0.3 is 0 Å². The van der Waals surface area contributed by atoms with Gasteiger partial charge in [-0.25, -0.2) is 4.39 Å². The molecule has 2 heterocycles. The van der Waals surface area contributed by atoms with Gasteiger partial charge in [-0.2, -0.15) is 5.10 Å². The molecule has 0 spiro atoms. The SMILES string of the molecule is CNC(=O)CCCn1cc(NC(=O)c2c(C)ccn(-c3ccc(F)cc3)c2=O)cn1. The van der Waals surface area contributed by atoms with Crippen molar-refractivity contribution in [2.45, 2.75) is 26.3 Å². The van der Waals surface area contributed by atoms with Crippen LogP contribution in [0.1, 0.15) is 28.8 Å². The monoisotopic (exact) mass is 411 g/mol. The van der Waals surface area contributed by atoms with Gasteiger partial charge in [-0.1, -0.05) is 0 Å². The number of nitrogens with one attached hydrogen (secondary N) is 2. The molecule has 0 fully saturated rings. The summed E-state index contributed by atoms with van der Waals surface area (Å²) in [5, 5.41) is 9.39. The van der Waals surface area contributed by atoms with Crippen LogP contribution in [-0.2, 0) is 11.3 Å². The number of amides is 2. The number of halogens is 1. The summed E-state index contributed by atoms with van der Waals surface area (Å²) in [6.45, 7) is 2.19. The fraction of sp³-hybridized carbons (Fsp3) is 0.238. The van der Waals surface area contributed by atoms with E-state index >= 15 is 0 Å².